The Morgan fingerprint density at radius 3 is 2.19 bits per heavy atom. The molecule has 3 aliphatic rings. The number of unbranched alkanes of at least 4 members (excludes halogenated alkanes) is 2. The van der Waals surface area contributed by atoms with Crippen molar-refractivity contribution in [3.05, 3.63) is 46.6 Å². The smallest absolute Gasteiger partial charge is 0.295 e. The highest BCUT2D eigenvalue weighted by atomic mass is 32.2. The molecule has 390 valence electrons. The van der Waals surface area contributed by atoms with Crippen LogP contribution in [0, 0.1) is 41.3 Å². The second-order valence-electron chi connectivity index (χ2n) is 20.0. The van der Waals surface area contributed by atoms with Gasteiger partial charge < -0.3 is 34.2 Å². The maximum atomic E-state index is 14.7. The molecule has 1 N–H and O–H groups in total. The van der Waals surface area contributed by atoms with Gasteiger partial charge in [0.25, 0.3) is 18.3 Å². The fourth-order valence-electron chi connectivity index (χ4n) is 10.5. The van der Waals surface area contributed by atoms with Crippen molar-refractivity contribution in [2.45, 2.75) is 155 Å². The SMILES string of the molecule is CC[C@H](C)[C@@H]([C@@H](CC(=O)N1[C@H]2C[C@H]2C[C@H]1[C@H](OC)[C@@H](C)C(=O)N[C@@H](Cc1ccccc1F)OC=O)OC)N(C)C(=O)[C@@H](CC(=O)[C@H](C(C)C)N(C)C(=O)CCCCCN1C(=O)C=C(SC)C1=O)C(C)C. The molecule has 4 rings (SSSR count). The Labute approximate surface area is 418 Å². The number of piperidine rings is 1. The number of halogens is 1. The number of nitrogens with zero attached hydrogens (tertiary/aromatic N) is 4. The first-order chi connectivity index (χ1) is 33.2. The van der Waals surface area contributed by atoms with Gasteiger partial charge in [-0.25, -0.2) is 4.39 Å². The van der Waals surface area contributed by atoms with Crippen LogP contribution in [0.2, 0.25) is 0 Å². The molecule has 6 amide bonds. The molecule has 16 nitrogen and oxygen atoms in total. The maximum absolute atomic E-state index is 14.7. The zero-order valence-electron chi connectivity index (χ0n) is 43.3. The lowest BCUT2D eigenvalue weighted by Crippen LogP contribution is -2.55. The molecule has 2 aliphatic heterocycles. The Hall–Kier alpha value is -4.68. The summed E-state index contributed by atoms with van der Waals surface area (Å²) in [6, 6.07) is 4.18. The van der Waals surface area contributed by atoms with Gasteiger partial charge in [0.1, 0.15) is 5.82 Å². The molecular formula is C52H78FN5O11S. The van der Waals surface area contributed by atoms with Crippen LogP contribution in [0.25, 0.3) is 0 Å². The molecular weight excluding hydrogens is 922 g/mol. The van der Waals surface area contributed by atoms with Crippen molar-refractivity contribution in [1.29, 1.82) is 0 Å². The van der Waals surface area contributed by atoms with Crippen LogP contribution in [-0.4, -0.2) is 151 Å². The van der Waals surface area contributed by atoms with Gasteiger partial charge in [-0.3, -0.25) is 43.3 Å². The molecule has 18 heteroatoms. The standard InChI is InChI=1S/C52H78FN5O11S/c1-13-32(6)48(56(9)51(65)36(30(2)3)26-40(60)47(31(4)5)55(8)44(61)21-15-14-18-22-57-45(62)28-42(70-12)52(57)66)41(67-10)27-46(63)58-38-23-35(38)24-39(58)49(68-11)33(7)50(64)54-43(69-29-59)25-34-19-16-17-20-37(34)53/h16-17,19-20,28-33,35-36,38-39,41,43,47-49H,13-15,18,21-27H2,1-12H3,(H,54,64)/t32-,33+,35-,36-,38-,39-,41+,43+,47-,48-,49+/m0/s1. The number of nitrogens with one attached hydrogen (secondary N) is 1. The Balaban J connectivity index is 1.42. The fourth-order valence-corrected chi connectivity index (χ4v) is 11.0. The Bertz CT molecular complexity index is 2050. The molecule has 2 fully saturated rings. The third-order valence-corrected chi connectivity index (χ3v) is 15.5. The van der Waals surface area contributed by atoms with Crippen LogP contribution >= 0.6 is 11.8 Å². The van der Waals surface area contributed by atoms with E-state index in [0.29, 0.717) is 37.0 Å². The van der Waals surface area contributed by atoms with Crippen molar-refractivity contribution in [3.8, 4) is 0 Å². The topological polar surface area (TPSA) is 189 Å². The average Bonchev–Trinajstić information content (AvgIpc) is 3.89. The predicted octanol–water partition coefficient (Wildman–Crippen LogP) is 5.79. The molecule has 0 aromatic heterocycles. The lowest BCUT2D eigenvalue weighted by Gasteiger charge is -2.41. The molecule has 70 heavy (non-hydrogen) atoms. The van der Waals surface area contributed by atoms with Crippen LogP contribution in [0.4, 0.5) is 4.39 Å². The summed E-state index contributed by atoms with van der Waals surface area (Å²) < 4.78 is 31.7. The largest absolute Gasteiger partial charge is 0.444 e. The number of methoxy groups -OCH3 is 2. The molecule has 0 spiro atoms. The summed E-state index contributed by atoms with van der Waals surface area (Å²) in [7, 11) is 6.33. The number of imide groups is 1. The number of hydrogen-bond donors (Lipinski definition) is 1. The summed E-state index contributed by atoms with van der Waals surface area (Å²) >= 11 is 1.24. The van der Waals surface area contributed by atoms with Crippen LogP contribution in [0.1, 0.15) is 112 Å². The van der Waals surface area contributed by atoms with Crippen molar-refractivity contribution < 1.29 is 57.0 Å². The van der Waals surface area contributed by atoms with Crippen molar-refractivity contribution in [2.75, 3.05) is 41.1 Å². The molecule has 2 heterocycles. The first kappa shape index (κ1) is 57.9. The van der Waals surface area contributed by atoms with Crippen LogP contribution < -0.4 is 5.32 Å². The Morgan fingerprint density at radius 2 is 1.61 bits per heavy atom. The first-order valence-corrected chi connectivity index (χ1v) is 26.1. The van der Waals surface area contributed by atoms with Gasteiger partial charge in [0, 0.05) is 72.2 Å². The third kappa shape index (κ3) is 14.3. The van der Waals surface area contributed by atoms with E-state index in [0.717, 1.165) is 6.42 Å². The minimum absolute atomic E-state index is 0.0447. The summed E-state index contributed by atoms with van der Waals surface area (Å²) in [6.07, 6.45) is 4.20. The van der Waals surface area contributed by atoms with Crippen molar-refractivity contribution in [1.82, 2.24) is 24.9 Å². The normalized spacial score (nSPS) is 21.0. The summed E-state index contributed by atoms with van der Waals surface area (Å²) in [4.78, 5) is 113. The molecule has 1 aromatic carbocycles. The highest BCUT2D eigenvalue weighted by Gasteiger charge is 2.57. The van der Waals surface area contributed by atoms with Crippen LogP contribution in [-0.2, 0) is 59.0 Å². The molecule has 1 saturated heterocycles. The monoisotopic (exact) mass is 1000 g/mol. The molecule has 11 atom stereocenters. The number of hydrogen-bond acceptors (Lipinski definition) is 12. The number of ether oxygens (including phenoxy) is 3. The van der Waals surface area contributed by atoms with Crippen molar-refractivity contribution in [3.63, 3.8) is 0 Å². The molecule has 1 aliphatic carbocycles. The quantitative estimate of drug-likeness (QED) is 0.0424. The molecule has 0 radical (unpaired) electrons. The van der Waals surface area contributed by atoms with E-state index < -0.39 is 60.1 Å². The number of likely N-dealkylation sites (N-methyl/N-ethyl adjacent to an activating group) is 2. The van der Waals surface area contributed by atoms with Gasteiger partial charge in [-0.15, -0.1) is 11.8 Å². The number of rotatable bonds is 30. The molecule has 1 aromatic rings. The maximum Gasteiger partial charge on any atom is 0.295 e. The number of carbonyl (C=O) groups is 8. The molecule has 0 bridgehead atoms. The second-order valence-corrected chi connectivity index (χ2v) is 20.9. The van der Waals surface area contributed by atoms with E-state index in [2.05, 4.69) is 5.32 Å². The highest BCUT2D eigenvalue weighted by molar-refractivity contribution is 8.03. The number of thioether (sulfide) groups is 1. The third-order valence-electron chi connectivity index (χ3n) is 14.7. The van der Waals surface area contributed by atoms with Crippen LogP contribution in [0.5, 0.6) is 0 Å². The average molecular weight is 1000 g/mol. The van der Waals surface area contributed by atoms with E-state index in [-0.39, 0.29) is 109 Å². The summed E-state index contributed by atoms with van der Waals surface area (Å²) in [5.74, 6) is -4.40. The van der Waals surface area contributed by atoms with E-state index in [1.54, 1.807) is 44.3 Å². The van der Waals surface area contributed by atoms with E-state index in [1.165, 1.54) is 54.0 Å². The summed E-state index contributed by atoms with van der Waals surface area (Å²) in [5, 5.41) is 2.71. The van der Waals surface area contributed by atoms with Crippen LogP contribution in [0.3, 0.4) is 0 Å². The zero-order valence-corrected chi connectivity index (χ0v) is 44.1. The van der Waals surface area contributed by atoms with E-state index in [4.69, 9.17) is 14.2 Å². The van der Waals surface area contributed by atoms with E-state index in [9.17, 15) is 42.7 Å². The lowest BCUT2D eigenvalue weighted by molar-refractivity contribution is -0.151. The van der Waals surface area contributed by atoms with Crippen molar-refractivity contribution in [2.24, 2.45) is 35.5 Å². The number of fused-ring (bicyclic) bond motifs is 1. The Morgan fingerprint density at radius 1 is 0.929 bits per heavy atom. The zero-order chi connectivity index (χ0) is 52.1. The fraction of sp³-hybridized carbons (Fsp3) is 0.692. The first-order valence-electron chi connectivity index (χ1n) is 24.8. The van der Waals surface area contributed by atoms with Gasteiger partial charge in [0.05, 0.1) is 47.6 Å². The molecule has 1 saturated carbocycles. The van der Waals surface area contributed by atoms with Gasteiger partial charge >= 0.3 is 0 Å². The van der Waals surface area contributed by atoms with E-state index >= 15 is 0 Å². The van der Waals surface area contributed by atoms with E-state index in [1.807, 2.05) is 46.4 Å². The predicted molar refractivity (Wildman–Crippen MR) is 264 cm³/mol. The van der Waals surface area contributed by atoms with Gasteiger partial charge in [-0.2, -0.15) is 0 Å². The second kappa shape index (κ2) is 26.7. The number of ketones is 1. The van der Waals surface area contributed by atoms with Gasteiger partial charge in [0.15, 0.2) is 12.0 Å². The number of benzene rings is 1. The van der Waals surface area contributed by atoms with Crippen molar-refractivity contribution >= 4 is 59.5 Å². The van der Waals surface area contributed by atoms with Gasteiger partial charge in [0.2, 0.25) is 23.6 Å². The Kier molecular flexibility index (Phi) is 22.1. The van der Waals surface area contributed by atoms with Gasteiger partial charge in [-0.1, -0.05) is 79.5 Å². The van der Waals surface area contributed by atoms with Gasteiger partial charge in [-0.05, 0) is 67.2 Å². The number of amides is 6. The summed E-state index contributed by atoms with van der Waals surface area (Å²) in [6.45, 7) is 13.7. The van der Waals surface area contributed by atoms with Crippen LogP contribution in [0.15, 0.2) is 35.2 Å². The lowest BCUT2D eigenvalue weighted by atomic mass is 9.83. The minimum Gasteiger partial charge on any atom is -0.444 e. The molecule has 0 unspecified atom stereocenters. The number of likely N-dealkylation sites (tertiary alicyclic amines) is 1. The number of Topliss-reactive ketones (excluding diaryl/α,β-unsaturated/α-hetero) is 1. The highest BCUT2D eigenvalue weighted by Crippen LogP contribution is 2.50. The summed E-state index contributed by atoms with van der Waals surface area (Å²) in [5.41, 5.74) is 0.261. The minimum atomic E-state index is -1.14. The number of carbonyl (C=O) groups excluding carboxylic acids is 8.